The summed E-state index contributed by atoms with van der Waals surface area (Å²) in [6.07, 6.45) is 6.04. The summed E-state index contributed by atoms with van der Waals surface area (Å²) >= 11 is 1.36. The van der Waals surface area contributed by atoms with Crippen LogP contribution in [0.3, 0.4) is 0 Å². The van der Waals surface area contributed by atoms with Gasteiger partial charge in [0.05, 0.1) is 10.6 Å². The number of sulfonamides is 1. The van der Waals surface area contributed by atoms with Crippen molar-refractivity contribution in [3.63, 3.8) is 0 Å². The van der Waals surface area contributed by atoms with Gasteiger partial charge < -0.3 is 5.32 Å². The van der Waals surface area contributed by atoms with E-state index in [1.54, 1.807) is 40.9 Å². The fraction of sp³-hybridized carbons (Fsp3) is 0.429. The fourth-order valence-corrected chi connectivity index (χ4v) is 5.40. The number of hydrogen-bond donors (Lipinski definition) is 2. The maximum atomic E-state index is 12.4. The first-order valence-corrected chi connectivity index (χ1v) is 13.2. The Labute approximate surface area is 191 Å². The molecule has 0 spiro atoms. The van der Waals surface area contributed by atoms with E-state index < -0.39 is 10.0 Å². The average Bonchev–Trinajstić information content (AvgIpc) is 3.21. The van der Waals surface area contributed by atoms with E-state index in [1.165, 1.54) is 31.0 Å². The third-order valence-corrected chi connectivity index (χ3v) is 7.72. The molecule has 11 heteroatoms. The Kier molecular flexibility index (Phi) is 7.38. The van der Waals surface area contributed by atoms with Crippen LogP contribution in [-0.4, -0.2) is 52.5 Å². The van der Waals surface area contributed by atoms with Crippen molar-refractivity contribution in [3.05, 3.63) is 48.3 Å². The van der Waals surface area contributed by atoms with Crippen molar-refractivity contribution in [1.29, 1.82) is 0 Å². The quantitative estimate of drug-likeness (QED) is 0.456. The van der Waals surface area contributed by atoms with Gasteiger partial charge in [-0.1, -0.05) is 49.2 Å². The molecule has 2 aromatic heterocycles. The highest BCUT2D eigenvalue weighted by Crippen LogP contribution is 2.19. The average molecular weight is 475 g/mol. The van der Waals surface area contributed by atoms with Gasteiger partial charge in [0.2, 0.25) is 15.9 Å². The Morgan fingerprint density at radius 2 is 1.84 bits per heavy atom. The summed E-state index contributed by atoms with van der Waals surface area (Å²) in [7, 11) is -3.58. The van der Waals surface area contributed by atoms with Gasteiger partial charge in [-0.15, -0.1) is 10.2 Å². The molecule has 1 saturated carbocycles. The first-order chi connectivity index (χ1) is 15.5. The Morgan fingerprint density at radius 1 is 1.06 bits per heavy atom. The van der Waals surface area contributed by atoms with E-state index in [9.17, 15) is 13.2 Å². The number of carbonyl (C=O) groups is 1. The lowest BCUT2D eigenvalue weighted by Crippen LogP contribution is -2.37. The number of benzene rings is 1. The number of aromatic nitrogens is 4. The number of hydrogen-bond acceptors (Lipinski definition) is 7. The molecule has 1 aliphatic rings. The molecule has 2 heterocycles. The molecular formula is C21H26N6O3S2. The molecule has 0 radical (unpaired) electrons. The summed E-state index contributed by atoms with van der Waals surface area (Å²) in [5, 5.41) is 16.5. The molecule has 0 atom stereocenters. The van der Waals surface area contributed by atoms with Gasteiger partial charge in [-0.3, -0.25) is 4.79 Å². The zero-order valence-electron chi connectivity index (χ0n) is 17.6. The first-order valence-electron chi connectivity index (χ1n) is 10.7. The van der Waals surface area contributed by atoms with Crippen molar-refractivity contribution < 1.29 is 13.2 Å². The molecule has 9 nitrogen and oxygen atoms in total. The molecule has 1 aliphatic carbocycles. The Morgan fingerprint density at radius 3 is 2.62 bits per heavy atom. The van der Waals surface area contributed by atoms with Gasteiger partial charge in [-0.05, 0) is 37.1 Å². The van der Waals surface area contributed by atoms with Crippen LogP contribution in [-0.2, 0) is 21.2 Å². The minimum atomic E-state index is -3.58. The first kappa shape index (κ1) is 22.7. The zero-order chi connectivity index (χ0) is 22.4. The fourth-order valence-electron chi connectivity index (χ4n) is 3.69. The summed E-state index contributed by atoms with van der Waals surface area (Å²) in [5.74, 6) is 0.858. The summed E-state index contributed by atoms with van der Waals surface area (Å²) in [6, 6.07) is 12.1. The predicted molar refractivity (Wildman–Crippen MR) is 122 cm³/mol. The largest absolute Gasteiger partial charge is 0.353 e. The molecule has 1 amide bonds. The SMILES string of the molecule is O=C(CSc1ccc2nnc(CCNS(=O)(=O)c3ccccc3)n2n1)NC1CCCCC1. The summed E-state index contributed by atoms with van der Waals surface area (Å²) in [4.78, 5) is 12.5. The van der Waals surface area contributed by atoms with E-state index >= 15 is 0 Å². The van der Waals surface area contributed by atoms with E-state index in [0.717, 1.165) is 12.8 Å². The molecule has 1 aromatic carbocycles. The van der Waals surface area contributed by atoms with E-state index in [2.05, 4.69) is 25.3 Å². The van der Waals surface area contributed by atoms with Crippen LogP contribution in [0, 0.1) is 0 Å². The van der Waals surface area contributed by atoms with Crippen LogP contribution in [0.2, 0.25) is 0 Å². The van der Waals surface area contributed by atoms with Crippen LogP contribution >= 0.6 is 11.8 Å². The molecule has 0 unspecified atom stereocenters. The highest BCUT2D eigenvalue weighted by atomic mass is 32.2. The van der Waals surface area contributed by atoms with Crippen molar-refractivity contribution in [2.24, 2.45) is 0 Å². The topological polar surface area (TPSA) is 118 Å². The highest BCUT2D eigenvalue weighted by Gasteiger charge is 2.17. The second-order valence-electron chi connectivity index (χ2n) is 7.71. The van der Waals surface area contributed by atoms with Gasteiger partial charge in [0, 0.05) is 19.0 Å². The normalized spacial score (nSPS) is 15.1. The van der Waals surface area contributed by atoms with Crippen molar-refractivity contribution in [1.82, 2.24) is 29.9 Å². The number of nitrogens with zero attached hydrogens (tertiary/aromatic N) is 4. The van der Waals surface area contributed by atoms with Gasteiger partial charge in [-0.25, -0.2) is 13.1 Å². The third-order valence-electron chi connectivity index (χ3n) is 5.32. The molecule has 1 fully saturated rings. The standard InChI is InChI=1S/C21H26N6O3S2/c28-20(23-16-7-3-1-4-8-16)15-31-21-12-11-18-24-25-19(27(18)26-21)13-14-22-32(29,30)17-9-5-2-6-10-17/h2,5-6,9-12,16,22H,1,3-4,7-8,13-15H2,(H,23,28). The molecule has 32 heavy (non-hydrogen) atoms. The Bertz CT molecular complexity index is 1160. The van der Waals surface area contributed by atoms with Crippen LogP contribution in [0.4, 0.5) is 0 Å². The van der Waals surface area contributed by atoms with Crippen LogP contribution in [0.1, 0.15) is 37.9 Å². The van der Waals surface area contributed by atoms with Gasteiger partial charge >= 0.3 is 0 Å². The highest BCUT2D eigenvalue weighted by molar-refractivity contribution is 7.99. The Balaban J connectivity index is 1.33. The van der Waals surface area contributed by atoms with E-state index in [4.69, 9.17) is 0 Å². The van der Waals surface area contributed by atoms with Crippen LogP contribution in [0.15, 0.2) is 52.4 Å². The van der Waals surface area contributed by atoms with Crippen LogP contribution < -0.4 is 10.0 Å². The molecule has 3 aromatic rings. The van der Waals surface area contributed by atoms with E-state index in [0.29, 0.717) is 28.7 Å². The van der Waals surface area contributed by atoms with Crippen LogP contribution in [0.5, 0.6) is 0 Å². The monoisotopic (exact) mass is 474 g/mol. The second kappa shape index (κ2) is 10.4. The summed E-state index contributed by atoms with van der Waals surface area (Å²) in [5.41, 5.74) is 0.571. The molecule has 0 saturated heterocycles. The van der Waals surface area contributed by atoms with E-state index in [-0.39, 0.29) is 23.4 Å². The zero-order valence-corrected chi connectivity index (χ0v) is 19.2. The number of amides is 1. The van der Waals surface area contributed by atoms with Crippen molar-refractivity contribution in [2.45, 2.75) is 54.5 Å². The lowest BCUT2D eigenvalue weighted by molar-refractivity contribution is -0.119. The maximum absolute atomic E-state index is 12.4. The predicted octanol–water partition coefficient (Wildman–Crippen LogP) is 2.19. The van der Waals surface area contributed by atoms with Gasteiger partial charge in [-0.2, -0.15) is 9.61 Å². The molecular weight excluding hydrogens is 448 g/mol. The van der Waals surface area contributed by atoms with Crippen molar-refractivity contribution in [3.8, 4) is 0 Å². The van der Waals surface area contributed by atoms with Crippen molar-refractivity contribution >= 4 is 33.3 Å². The molecule has 0 bridgehead atoms. The minimum absolute atomic E-state index is 0.0168. The number of thioether (sulfide) groups is 1. The van der Waals surface area contributed by atoms with Crippen molar-refractivity contribution in [2.75, 3.05) is 12.3 Å². The van der Waals surface area contributed by atoms with Gasteiger partial charge in [0.15, 0.2) is 11.5 Å². The van der Waals surface area contributed by atoms with Gasteiger partial charge in [0.1, 0.15) is 5.03 Å². The number of fused-ring (bicyclic) bond motifs is 1. The molecule has 0 aliphatic heterocycles. The molecule has 2 N–H and O–H groups in total. The third kappa shape index (κ3) is 5.84. The Hall–Kier alpha value is -2.50. The second-order valence-corrected chi connectivity index (χ2v) is 10.5. The van der Waals surface area contributed by atoms with E-state index in [1.807, 2.05) is 6.07 Å². The smallest absolute Gasteiger partial charge is 0.240 e. The van der Waals surface area contributed by atoms with Gasteiger partial charge in [0.25, 0.3) is 0 Å². The lowest BCUT2D eigenvalue weighted by atomic mass is 9.95. The summed E-state index contributed by atoms with van der Waals surface area (Å²) in [6.45, 7) is 0.168. The molecule has 4 rings (SSSR count). The number of carbonyl (C=O) groups excluding carboxylic acids is 1. The lowest BCUT2D eigenvalue weighted by Gasteiger charge is -2.22. The minimum Gasteiger partial charge on any atom is -0.353 e. The number of nitrogens with one attached hydrogen (secondary N) is 2. The number of rotatable bonds is 9. The molecule has 170 valence electrons. The maximum Gasteiger partial charge on any atom is 0.240 e. The van der Waals surface area contributed by atoms with Crippen LogP contribution in [0.25, 0.3) is 5.65 Å². The summed E-state index contributed by atoms with van der Waals surface area (Å²) < 4.78 is 28.9.